The van der Waals surface area contributed by atoms with E-state index in [-0.39, 0.29) is 34.4 Å². The Kier molecular flexibility index (Phi) is 7.75. The Bertz CT molecular complexity index is 1410. The lowest BCUT2D eigenvalue weighted by atomic mass is 9.85. The van der Waals surface area contributed by atoms with Gasteiger partial charge in [-0.2, -0.15) is 13.2 Å². The van der Waals surface area contributed by atoms with Gasteiger partial charge in [0.25, 0.3) is 11.5 Å². The Labute approximate surface area is 225 Å². The first-order valence-electron chi connectivity index (χ1n) is 11.5. The quantitative estimate of drug-likeness (QED) is 0.320. The Balaban J connectivity index is 1.62. The van der Waals surface area contributed by atoms with Crippen LogP contribution in [0.25, 0.3) is 10.8 Å². The number of carbonyl (C=O) groups is 2. The number of halogens is 5. The SMILES string of the molecule is CN(CCCNC(=O)c1ccc(C2=NOC(c3cc(Cl)cc(Cl)c3)(C(F)(F)F)C2)c2ccccc12)C(=O)O. The van der Waals surface area contributed by atoms with Gasteiger partial charge in [-0.15, -0.1) is 0 Å². The van der Waals surface area contributed by atoms with Crippen LogP contribution in [0.1, 0.15) is 34.3 Å². The van der Waals surface area contributed by atoms with Crippen LogP contribution >= 0.6 is 23.2 Å². The number of benzene rings is 3. The van der Waals surface area contributed by atoms with Crippen molar-refractivity contribution in [3.05, 3.63) is 81.3 Å². The second-order valence-corrected chi connectivity index (χ2v) is 9.68. The van der Waals surface area contributed by atoms with Gasteiger partial charge in [0.1, 0.15) is 0 Å². The van der Waals surface area contributed by atoms with E-state index in [1.165, 1.54) is 25.2 Å². The first-order valence-corrected chi connectivity index (χ1v) is 12.2. The first-order chi connectivity index (χ1) is 17.9. The highest BCUT2D eigenvalue weighted by molar-refractivity contribution is 6.34. The molecule has 0 aromatic heterocycles. The lowest BCUT2D eigenvalue weighted by Gasteiger charge is -2.29. The maximum absolute atomic E-state index is 14.4. The standard InChI is InChI=1S/C26H22Cl2F3N3O4/c1-34(24(36)37)10-4-9-32-23(35)21-8-7-20(18-5-2-3-6-19(18)21)22-14-25(38-33-22,26(29,30)31)15-11-16(27)13-17(28)12-15/h2-3,5-8,11-13H,4,9-10,14H2,1H3,(H,32,35)(H,36,37). The van der Waals surface area contributed by atoms with E-state index in [0.717, 1.165) is 17.0 Å². The van der Waals surface area contributed by atoms with Crippen LogP contribution < -0.4 is 5.32 Å². The van der Waals surface area contributed by atoms with Crippen LogP contribution in [0.3, 0.4) is 0 Å². The third-order valence-corrected chi connectivity index (χ3v) is 6.71. The number of rotatable bonds is 7. The molecule has 200 valence electrons. The molecule has 0 fully saturated rings. The molecule has 0 aliphatic carbocycles. The second-order valence-electron chi connectivity index (χ2n) is 8.81. The summed E-state index contributed by atoms with van der Waals surface area (Å²) in [5.74, 6) is -0.395. The van der Waals surface area contributed by atoms with Crippen LogP contribution in [-0.2, 0) is 10.4 Å². The van der Waals surface area contributed by atoms with Crippen molar-refractivity contribution < 1.29 is 32.7 Å². The van der Waals surface area contributed by atoms with Gasteiger partial charge in [-0.1, -0.05) is 58.7 Å². The lowest BCUT2D eigenvalue weighted by molar-refractivity contribution is -0.275. The number of oxime groups is 1. The van der Waals surface area contributed by atoms with E-state index in [1.54, 1.807) is 24.3 Å². The highest BCUT2D eigenvalue weighted by Crippen LogP contribution is 2.50. The zero-order valence-corrected chi connectivity index (χ0v) is 21.5. The molecule has 0 spiro atoms. The molecule has 7 nitrogen and oxygen atoms in total. The zero-order valence-electron chi connectivity index (χ0n) is 20.0. The summed E-state index contributed by atoms with van der Waals surface area (Å²) >= 11 is 12.0. The molecule has 38 heavy (non-hydrogen) atoms. The molecule has 3 aromatic carbocycles. The van der Waals surface area contributed by atoms with Crippen LogP contribution in [-0.4, -0.2) is 54.0 Å². The molecule has 4 rings (SSSR count). The topological polar surface area (TPSA) is 91.2 Å². The van der Waals surface area contributed by atoms with Gasteiger partial charge in [-0.25, -0.2) is 4.79 Å². The maximum atomic E-state index is 14.4. The molecular weight excluding hydrogens is 546 g/mol. The number of carboxylic acid groups (broad SMARTS) is 1. The number of alkyl halides is 3. The van der Waals surface area contributed by atoms with Crippen molar-refractivity contribution in [3.63, 3.8) is 0 Å². The third kappa shape index (κ3) is 5.37. The van der Waals surface area contributed by atoms with Gasteiger partial charge in [0.05, 0.1) is 5.71 Å². The number of fused-ring (bicyclic) bond motifs is 1. The summed E-state index contributed by atoms with van der Waals surface area (Å²) in [5, 5.41) is 16.6. The summed E-state index contributed by atoms with van der Waals surface area (Å²) in [4.78, 5) is 30.0. The Hall–Kier alpha value is -3.50. The van der Waals surface area contributed by atoms with Gasteiger partial charge >= 0.3 is 12.3 Å². The van der Waals surface area contributed by atoms with Crippen LogP contribution in [0.2, 0.25) is 10.0 Å². The molecule has 1 heterocycles. The monoisotopic (exact) mass is 567 g/mol. The Morgan fingerprint density at radius 3 is 2.39 bits per heavy atom. The summed E-state index contributed by atoms with van der Waals surface area (Å²) in [6.07, 6.45) is -6.12. The maximum Gasteiger partial charge on any atom is 0.435 e. The molecule has 2 N–H and O–H groups in total. The van der Waals surface area contributed by atoms with E-state index in [1.807, 2.05) is 0 Å². The molecule has 1 aliphatic heterocycles. The van der Waals surface area contributed by atoms with Gasteiger partial charge in [0.15, 0.2) is 0 Å². The molecule has 1 unspecified atom stereocenters. The largest absolute Gasteiger partial charge is 0.465 e. The van der Waals surface area contributed by atoms with Crippen LogP contribution in [0.15, 0.2) is 59.8 Å². The Morgan fingerprint density at radius 2 is 1.76 bits per heavy atom. The molecule has 0 saturated carbocycles. The fraction of sp³-hybridized carbons (Fsp3) is 0.269. The number of nitrogens with one attached hydrogen (secondary N) is 1. The van der Waals surface area contributed by atoms with E-state index < -0.39 is 30.2 Å². The van der Waals surface area contributed by atoms with E-state index in [0.29, 0.717) is 28.3 Å². The minimum absolute atomic E-state index is 0.0311. The number of hydrogen-bond acceptors (Lipinski definition) is 4. The fourth-order valence-corrected chi connectivity index (χ4v) is 4.82. The molecule has 0 radical (unpaired) electrons. The van der Waals surface area contributed by atoms with Gasteiger partial charge in [-0.3, -0.25) is 4.79 Å². The van der Waals surface area contributed by atoms with Crippen molar-refractivity contribution in [2.45, 2.75) is 24.6 Å². The predicted molar refractivity (Wildman–Crippen MR) is 138 cm³/mol. The first kappa shape index (κ1) is 27.5. The molecule has 1 aliphatic rings. The van der Waals surface area contributed by atoms with E-state index in [4.69, 9.17) is 33.1 Å². The Morgan fingerprint density at radius 1 is 1.11 bits per heavy atom. The van der Waals surface area contributed by atoms with Crippen molar-refractivity contribution in [2.75, 3.05) is 20.1 Å². The third-order valence-electron chi connectivity index (χ3n) is 6.28. The van der Waals surface area contributed by atoms with Crippen molar-refractivity contribution >= 4 is 51.7 Å². The van der Waals surface area contributed by atoms with E-state index in [9.17, 15) is 22.8 Å². The zero-order chi connectivity index (χ0) is 27.7. The van der Waals surface area contributed by atoms with Crippen LogP contribution in [0.4, 0.5) is 18.0 Å². The number of hydrogen-bond donors (Lipinski definition) is 2. The summed E-state index contributed by atoms with van der Waals surface area (Å²) in [6.45, 7) is 0.483. The second kappa shape index (κ2) is 10.7. The normalized spacial score (nSPS) is 17.2. The molecule has 1 atom stereocenters. The average Bonchev–Trinajstić information content (AvgIpc) is 3.32. The van der Waals surface area contributed by atoms with Crippen molar-refractivity contribution in [3.8, 4) is 0 Å². The van der Waals surface area contributed by atoms with Crippen molar-refractivity contribution in [1.29, 1.82) is 0 Å². The highest BCUT2D eigenvalue weighted by atomic mass is 35.5. The lowest BCUT2D eigenvalue weighted by Crippen LogP contribution is -2.42. The van der Waals surface area contributed by atoms with Crippen molar-refractivity contribution in [2.24, 2.45) is 5.16 Å². The molecule has 0 bridgehead atoms. The number of carbonyl (C=O) groups excluding carboxylic acids is 1. The van der Waals surface area contributed by atoms with Gasteiger partial charge in [0.2, 0.25) is 0 Å². The fourth-order valence-electron chi connectivity index (χ4n) is 4.29. The minimum Gasteiger partial charge on any atom is -0.465 e. The van der Waals surface area contributed by atoms with Crippen LogP contribution in [0.5, 0.6) is 0 Å². The van der Waals surface area contributed by atoms with Gasteiger partial charge in [-0.05, 0) is 41.5 Å². The predicted octanol–water partition coefficient (Wildman–Crippen LogP) is 6.46. The molecule has 2 amide bonds. The minimum atomic E-state index is -4.84. The number of amides is 2. The van der Waals surface area contributed by atoms with E-state index >= 15 is 0 Å². The molecule has 3 aromatic rings. The van der Waals surface area contributed by atoms with Gasteiger partial charge < -0.3 is 20.2 Å². The smallest absolute Gasteiger partial charge is 0.435 e. The molecule has 0 saturated heterocycles. The van der Waals surface area contributed by atoms with Gasteiger partial charge in [0, 0.05) is 53.3 Å². The molecule has 12 heteroatoms. The molecular formula is C26H22Cl2F3N3O4. The van der Waals surface area contributed by atoms with Crippen LogP contribution in [0, 0.1) is 0 Å². The summed E-state index contributed by atoms with van der Waals surface area (Å²) in [5.41, 5.74) is -2.29. The highest BCUT2D eigenvalue weighted by Gasteiger charge is 2.62. The van der Waals surface area contributed by atoms with Crippen molar-refractivity contribution in [1.82, 2.24) is 10.2 Å². The summed E-state index contributed by atoms with van der Waals surface area (Å²) in [6, 6.07) is 13.5. The summed E-state index contributed by atoms with van der Waals surface area (Å²) in [7, 11) is 1.43. The summed E-state index contributed by atoms with van der Waals surface area (Å²) < 4.78 is 43.2. The number of nitrogens with zero attached hydrogens (tertiary/aromatic N) is 2. The average molecular weight is 568 g/mol. The van der Waals surface area contributed by atoms with E-state index in [2.05, 4.69) is 10.5 Å².